The lowest BCUT2D eigenvalue weighted by molar-refractivity contribution is -0.122. The number of carbonyl (C=O) groups is 1. The highest BCUT2D eigenvalue weighted by atomic mass is 35.5. The largest absolute Gasteiger partial charge is 0.294 e. The zero-order valence-corrected chi connectivity index (χ0v) is 16.3. The first-order valence-electron chi connectivity index (χ1n) is 6.76. The third-order valence-electron chi connectivity index (χ3n) is 3.02. The molecule has 0 aliphatic carbocycles. The van der Waals surface area contributed by atoms with Crippen LogP contribution >= 0.6 is 46.0 Å². The Morgan fingerprint density at radius 2 is 2.12 bits per heavy atom. The van der Waals surface area contributed by atoms with Gasteiger partial charge in [0.05, 0.1) is 9.24 Å². The fourth-order valence-electron chi connectivity index (χ4n) is 1.94. The molecule has 0 spiro atoms. The summed E-state index contributed by atoms with van der Waals surface area (Å²) in [6.45, 7) is 2.11. The first-order chi connectivity index (χ1) is 11.4. The minimum absolute atomic E-state index is 0.0554. The Kier molecular flexibility index (Phi) is 5.16. The average molecular weight is 419 g/mol. The van der Waals surface area contributed by atoms with Crippen molar-refractivity contribution in [2.75, 3.05) is 6.54 Å². The summed E-state index contributed by atoms with van der Waals surface area (Å²) < 4.78 is 29.0. The van der Waals surface area contributed by atoms with Crippen LogP contribution in [0.3, 0.4) is 0 Å². The molecule has 3 heterocycles. The summed E-state index contributed by atoms with van der Waals surface area (Å²) in [6, 6.07) is 6.69. The predicted octanol–water partition coefficient (Wildman–Crippen LogP) is 4.14. The summed E-state index contributed by atoms with van der Waals surface area (Å²) >= 11 is 9.30. The van der Waals surface area contributed by atoms with Gasteiger partial charge in [0.15, 0.2) is 5.17 Å². The second-order valence-electron chi connectivity index (χ2n) is 4.58. The van der Waals surface area contributed by atoms with E-state index in [1.165, 1.54) is 28.4 Å². The molecule has 0 radical (unpaired) electrons. The Balaban J connectivity index is 1.96. The minimum Gasteiger partial charge on any atom is -0.286 e. The Bertz CT molecular complexity index is 929. The van der Waals surface area contributed by atoms with E-state index in [0.717, 1.165) is 28.0 Å². The normalized spacial score (nSPS) is 18.9. The van der Waals surface area contributed by atoms with Gasteiger partial charge in [-0.25, -0.2) is 0 Å². The average Bonchev–Trinajstić information content (AvgIpc) is 3.23. The predicted molar refractivity (Wildman–Crippen MR) is 101 cm³/mol. The molecule has 0 N–H and O–H groups in total. The van der Waals surface area contributed by atoms with Crippen molar-refractivity contribution in [1.82, 2.24) is 4.90 Å². The van der Waals surface area contributed by atoms with Crippen LogP contribution in [-0.2, 0) is 14.8 Å². The van der Waals surface area contributed by atoms with Crippen molar-refractivity contribution in [3.8, 4) is 0 Å². The molecule has 3 rings (SSSR count). The van der Waals surface area contributed by atoms with E-state index in [-0.39, 0.29) is 15.3 Å². The highest BCUT2D eigenvalue weighted by Gasteiger charge is 2.34. The number of amides is 1. The van der Waals surface area contributed by atoms with Crippen molar-refractivity contribution < 1.29 is 13.2 Å². The van der Waals surface area contributed by atoms with Crippen LogP contribution in [0, 0.1) is 0 Å². The fourth-order valence-corrected chi connectivity index (χ4v) is 6.37. The van der Waals surface area contributed by atoms with Crippen LogP contribution in [0.15, 0.2) is 43.2 Å². The lowest BCUT2D eigenvalue weighted by Gasteiger charge is -2.11. The second kappa shape index (κ2) is 7.01. The van der Waals surface area contributed by atoms with E-state index in [1.54, 1.807) is 13.0 Å². The van der Waals surface area contributed by atoms with E-state index in [2.05, 4.69) is 4.40 Å². The van der Waals surface area contributed by atoms with Gasteiger partial charge >= 0.3 is 0 Å². The van der Waals surface area contributed by atoms with Gasteiger partial charge in [-0.05, 0) is 48.3 Å². The number of carbonyl (C=O) groups excluding carboxylic acids is 1. The first-order valence-corrected chi connectivity index (χ1v) is 11.1. The molecule has 0 atom stereocenters. The van der Waals surface area contributed by atoms with Crippen molar-refractivity contribution in [3.05, 3.63) is 43.8 Å². The fraction of sp³-hybridized carbons (Fsp3) is 0.143. The van der Waals surface area contributed by atoms with Crippen LogP contribution < -0.4 is 0 Å². The number of halogens is 1. The van der Waals surface area contributed by atoms with E-state index in [4.69, 9.17) is 11.6 Å². The molecule has 1 aliphatic heterocycles. The Morgan fingerprint density at radius 1 is 1.33 bits per heavy atom. The van der Waals surface area contributed by atoms with Crippen molar-refractivity contribution in [2.24, 2.45) is 4.40 Å². The Labute approximate surface area is 156 Å². The molecule has 126 valence electrons. The summed E-state index contributed by atoms with van der Waals surface area (Å²) in [7, 11) is -3.89. The van der Waals surface area contributed by atoms with Gasteiger partial charge in [0.1, 0.15) is 4.21 Å². The van der Waals surface area contributed by atoms with Crippen LogP contribution in [0.4, 0.5) is 0 Å². The van der Waals surface area contributed by atoms with Gasteiger partial charge < -0.3 is 0 Å². The summed E-state index contributed by atoms with van der Waals surface area (Å²) in [6.07, 6.45) is 1.75. The summed E-state index contributed by atoms with van der Waals surface area (Å²) in [4.78, 5) is 15.2. The minimum atomic E-state index is -3.89. The zero-order valence-electron chi connectivity index (χ0n) is 12.3. The molecular formula is C14H11ClN2O3S4. The molecular weight excluding hydrogens is 408 g/mol. The van der Waals surface area contributed by atoms with Crippen LogP contribution in [0.1, 0.15) is 11.8 Å². The topological polar surface area (TPSA) is 66.8 Å². The SMILES string of the molecule is CCN1C(=O)/C(=C/c2cccs2)S/C1=N/S(=O)(=O)c1ccc(Cl)s1. The monoisotopic (exact) mass is 418 g/mol. The van der Waals surface area contributed by atoms with Crippen molar-refractivity contribution >= 4 is 73.2 Å². The van der Waals surface area contributed by atoms with Crippen molar-refractivity contribution in [3.63, 3.8) is 0 Å². The molecule has 0 aromatic carbocycles. The number of rotatable bonds is 4. The molecule has 24 heavy (non-hydrogen) atoms. The van der Waals surface area contributed by atoms with Gasteiger partial charge in [0.2, 0.25) is 0 Å². The van der Waals surface area contributed by atoms with Gasteiger partial charge in [0.25, 0.3) is 15.9 Å². The molecule has 1 aliphatic rings. The number of thiophene rings is 2. The summed E-state index contributed by atoms with van der Waals surface area (Å²) in [5.41, 5.74) is 0. The molecule has 2 aromatic rings. The molecule has 0 saturated carbocycles. The maximum atomic E-state index is 12.4. The number of hydrogen-bond donors (Lipinski definition) is 0. The van der Waals surface area contributed by atoms with Crippen LogP contribution in [0.25, 0.3) is 6.08 Å². The Hall–Kier alpha value is -1.13. The lowest BCUT2D eigenvalue weighted by Crippen LogP contribution is -2.29. The van der Waals surface area contributed by atoms with Gasteiger partial charge in [-0.1, -0.05) is 17.7 Å². The quantitative estimate of drug-likeness (QED) is 0.699. The molecule has 5 nitrogen and oxygen atoms in total. The molecule has 2 aromatic heterocycles. The number of amidine groups is 1. The highest BCUT2D eigenvalue weighted by molar-refractivity contribution is 8.19. The Morgan fingerprint density at radius 3 is 2.71 bits per heavy atom. The van der Waals surface area contributed by atoms with E-state index in [9.17, 15) is 13.2 Å². The number of thioether (sulfide) groups is 1. The van der Waals surface area contributed by atoms with E-state index < -0.39 is 10.0 Å². The molecule has 0 bridgehead atoms. The van der Waals surface area contributed by atoms with Gasteiger partial charge in [-0.2, -0.15) is 8.42 Å². The number of nitrogens with zero attached hydrogens (tertiary/aromatic N) is 2. The molecule has 1 saturated heterocycles. The van der Waals surface area contributed by atoms with E-state index in [1.807, 2.05) is 17.5 Å². The highest BCUT2D eigenvalue weighted by Crippen LogP contribution is 2.35. The number of likely N-dealkylation sites (N-methyl/N-ethyl adjacent to an activating group) is 1. The second-order valence-corrected chi connectivity index (χ2v) is 10.1. The molecule has 0 unspecified atom stereocenters. The van der Waals surface area contributed by atoms with E-state index >= 15 is 0 Å². The molecule has 10 heteroatoms. The van der Waals surface area contributed by atoms with Crippen molar-refractivity contribution in [1.29, 1.82) is 0 Å². The first kappa shape index (κ1) is 17.7. The van der Waals surface area contributed by atoms with Gasteiger partial charge in [0, 0.05) is 11.4 Å². The molecule has 1 fully saturated rings. The van der Waals surface area contributed by atoms with Gasteiger partial charge in [-0.15, -0.1) is 27.1 Å². The lowest BCUT2D eigenvalue weighted by atomic mass is 10.4. The summed E-state index contributed by atoms with van der Waals surface area (Å²) in [5.74, 6) is -0.242. The summed E-state index contributed by atoms with van der Waals surface area (Å²) in [5, 5.41) is 2.07. The van der Waals surface area contributed by atoms with Crippen LogP contribution in [0.2, 0.25) is 4.34 Å². The maximum Gasteiger partial charge on any atom is 0.294 e. The molecule has 1 amide bonds. The van der Waals surface area contributed by atoms with E-state index in [0.29, 0.717) is 15.8 Å². The number of sulfonamides is 1. The number of hydrogen-bond acceptors (Lipinski definition) is 6. The van der Waals surface area contributed by atoms with Crippen LogP contribution in [0.5, 0.6) is 0 Å². The smallest absolute Gasteiger partial charge is 0.286 e. The third kappa shape index (κ3) is 3.60. The zero-order chi connectivity index (χ0) is 17.3. The van der Waals surface area contributed by atoms with Crippen molar-refractivity contribution in [2.45, 2.75) is 11.1 Å². The maximum absolute atomic E-state index is 12.4. The van der Waals surface area contributed by atoms with Crippen LogP contribution in [-0.4, -0.2) is 30.9 Å². The standard InChI is InChI=1S/C14H11ClN2O3S4/c1-2-17-13(18)10(8-9-4-3-7-21-9)22-14(17)16-24(19,20)12-6-5-11(15)23-12/h3-8H,2H2,1H3/b10-8-,16-14+. The third-order valence-corrected chi connectivity index (χ3v) is 7.93. The van der Waals surface area contributed by atoms with Gasteiger partial charge in [-0.3, -0.25) is 9.69 Å².